The average molecular weight is 258 g/mol. The van der Waals surface area contributed by atoms with E-state index in [1.54, 1.807) is 0 Å². The molecule has 0 saturated heterocycles. The van der Waals surface area contributed by atoms with Gasteiger partial charge in [0.05, 0.1) is 0 Å². The zero-order valence-corrected chi connectivity index (χ0v) is 12.4. The van der Waals surface area contributed by atoms with Gasteiger partial charge in [0.1, 0.15) is 0 Å². The second kappa shape index (κ2) is 16.9. The molecule has 0 aromatic carbocycles. The summed E-state index contributed by atoms with van der Waals surface area (Å²) in [5.41, 5.74) is 2.67. The van der Waals surface area contributed by atoms with Gasteiger partial charge in [0.25, 0.3) is 0 Å². The average Bonchev–Trinajstić information content (AvgIpc) is 2.39. The SMILES string of the molecule is CCCCCCCCCCCCCCCNON. The van der Waals surface area contributed by atoms with Crippen LogP contribution in [0.3, 0.4) is 0 Å². The molecule has 0 amide bonds. The minimum Gasteiger partial charge on any atom is -0.217 e. The standard InChI is InChI=1S/C15H34N2O/c1-2-3-4-5-6-7-8-9-10-11-12-13-14-15-17-18-16/h17H,2-16H2,1H3. The lowest BCUT2D eigenvalue weighted by atomic mass is 10.0. The van der Waals surface area contributed by atoms with Crippen LogP contribution in [0.15, 0.2) is 0 Å². The molecule has 110 valence electrons. The quantitative estimate of drug-likeness (QED) is 0.336. The Bertz CT molecular complexity index is 126. The second-order valence-electron chi connectivity index (χ2n) is 5.25. The lowest BCUT2D eigenvalue weighted by Crippen LogP contribution is -2.19. The highest BCUT2D eigenvalue weighted by Crippen LogP contribution is 2.12. The molecule has 0 aromatic rings. The molecule has 0 aliphatic heterocycles. The fourth-order valence-corrected chi connectivity index (χ4v) is 2.27. The van der Waals surface area contributed by atoms with Gasteiger partial charge >= 0.3 is 0 Å². The first kappa shape index (κ1) is 17.9. The summed E-state index contributed by atoms with van der Waals surface area (Å²) in [4.78, 5) is 4.30. The van der Waals surface area contributed by atoms with Crippen molar-refractivity contribution in [2.75, 3.05) is 6.54 Å². The number of unbranched alkanes of at least 4 members (excludes halogenated alkanes) is 12. The monoisotopic (exact) mass is 258 g/mol. The van der Waals surface area contributed by atoms with Crippen molar-refractivity contribution in [3.05, 3.63) is 0 Å². The summed E-state index contributed by atoms with van der Waals surface area (Å²) in [6.45, 7) is 3.15. The van der Waals surface area contributed by atoms with Crippen molar-refractivity contribution in [3.8, 4) is 0 Å². The maximum Gasteiger partial charge on any atom is 0.0228 e. The number of hydrogen-bond donors (Lipinski definition) is 2. The van der Waals surface area contributed by atoms with Gasteiger partial charge in [0.15, 0.2) is 0 Å². The summed E-state index contributed by atoms with van der Waals surface area (Å²) in [7, 11) is 0. The van der Waals surface area contributed by atoms with Crippen LogP contribution in [0.1, 0.15) is 90.4 Å². The van der Waals surface area contributed by atoms with Crippen molar-refractivity contribution in [1.29, 1.82) is 0 Å². The predicted molar refractivity (Wildman–Crippen MR) is 79.0 cm³/mol. The van der Waals surface area contributed by atoms with E-state index >= 15 is 0 Å². The molecule has 0 bridgehead atoms. The third-order valence-corrected chi connectivity index (χ3v) is 3.47. The Labute approximate surface area is 114 Å². The summed E-state index contributed by atoms with van der Waals surface area (Å²) in [6, 6.07) is 0. The lowest BCUT2D eigenvalue weighted by molar-refractivity contribution is 0.0400. The van der Waals surface area contributed by atoms with Crippen molar-refractivity contribution in [2.45, 2.75) is 90.4 Å². The highest BCUT2D eigenvalue weighted by Gasteiger charge is 1.93. The Hall–Kier alpha value is -0.120. The molecule has 0 fully saturated rings. The predicted octanol–water partition coefficient (Wildman–Crippen LogP) is 4.47. The largest absolute Gasteiger partial charge is 0.217 e. The van der Waals surface area contributed by atoms with Gasteiger partial charge < -0.3 is 0 Å². The van der Waals surface area contributed by atoms with Crippen molar-refractivity contribution >= 4 is 0 Å². The molecule has 3 heteroatoms. The number of nitrogens with two attached hydrogens (primary N) is 1. The van der Waals surface area contributed by atoms with Crippen molar-refractivity contribution in [2.24, 2.45) is 5.90 Å². The normalized spacial score (nSPS) is 11.0. The topological polar surface area (TPSA) is 47.3 Å². The first-order valence-corrected chi connectivity index (χ1v) is 8.00. The number of nitrogens with one attached hydrogen (secondary N) is 1. The highest BCUT2D eigenvalue weighted by atomic mass is 16.8. The van der Waals surface area contributed by atoms with Crippen LogP contribution in [0.5, 0.6) is 0 Å². The zero-order chi connectivity index (χ0) is 13.3. The highest BCUT2D eigenvalue weighted by molar-refractivity contribution is 4.49. The number of hydrogen-bond acceptors (Lipinski definition) is 3. The fraction of sp³-hybridized carbons (Fsp3) is 1.00. The van der Waals surface area contributed by atoms with Crippen LogP contribution in [0.25, 0.3) is 0 Å². The second-order valence-corrected chi connectivity index (χ2v) is 5.25. The summed E-state index contributed by atoms with van der Waals surface area (Å²) in [6.07, 6.45) is 18.0. The molecule has 0 rings (SSSR count). The molecular formula is C15H34N2O. The molecule has 0 unspecified atom stereocenters. The maximum atomic E-state index is 4.86. The van der Waals surface area contributed by atoms with Gasteiger partial charge in [-0.25, -0.2) is 4.94 Å². The molecule has 0 aromatic heterocycles. The van der Waals surface area contributed by atoms with E-state index in [9.17, 15) is 0 Å². The smallest absolute Gasteiger partial charge is 0.0228 e. The van der Waals surface area contributed by atoms with Crippen LogP contribution in [0.4, 0.5) is 0 Å². The molecule has 18 heavy (non-hydrogen) atoms. The van der Waals surface area contributed by atoms with Gasteiger partial charge in [-0.2, -0.15) is 11.4 Å². The van der Waals surface area contributed by atoms with E-state index in [0.717, 1.165) is 13.0 Å². The Balaban J connectivity index is 2.86. The Kier molecular flexibility index (Phi) is 16.8. The summed E-state index contributed by atoms with van der Waals surface area (Å²) >= 11 is 0. The van der Waals surface area contributed by atoms with E-state index in [-0.39, 0.29) is 0 Å². The van der Waals surface area contributed by atoms with Crippen LogP contribution < -0.4 is 11.4 Å². The van der Waals surface area contributed by atoms with Gasteiger partial charge in [0, 0.05) is 6.54 Å². The van der Waals surface area contributed by atoms with E-state index in [2.05, 4.69) is 17.3 Å². The van der Waals surface area contributed by atoms with Crippen molar-refractivity contribution < 1.29 is 4.94 Å². The maximum absolute atomic E-state index is 4.86. The van der Waals surface area contributed by atoms with Crippen LogP contribution in [0, 0.1) is 0 Å². The minimum absolute atomic E-state index is 0.869. The lowest BCUT2D eigenvalue weighted by Gasteiger charge is -2.03. The molecule has 3 N–H and O–H groups in total. The van der Waals surface area contributed by atoms with E-state index in [1.807, 2.05) is 0 Å². The molecule has 0 atom stereocenters. The van der Waals surface area contributed by atoms with E-state index in [4.69, 9.17) is 5.90 Å². The van der Waals surface area contributed by atoms with E-state index in [1.165, 1.54) is 77.0 Å². The number of rotatable bonds is 15. The minimum atomic E-state index is 0.869. The molecule has 0 radical (unpaired) electrons. The van der Waals surface area contributed by atoms with Crippen molar-refractivity contribution in [3.63, 3.8) is 0 Å². The van der Waals surface area contributed by atoms with Crippen LogP contribution in [-0.2, 0) is 4.94 Å². The molecule has 0 spiro atoms. The van der Waals surface area contributed by atoms with Gasteiger partial charge in [-0.3, -0.25) is 0 Å². The first-order valence-electron chi connectivity index (χ1n) is 8.00. The zero-order valence-electron chi connectivity index (χ0n) is 12.4. The summed E-state index contributed by atoms with van der Waals surface area (Å²) < 4.78 is 0. The first-order chi connectivity index (χ1) is 8.91. The van der Waals surface area contributed by atoms with Gasteiger partial charge in [-0.1, -0.05) is 84.0 Å². The number of hydroxylamine groups is 1. The fourth-order valence-electron chi connectivity index (χ4n) is 2.27. The molecule has 0 saturated carbocycles. The Morgan fingerprint density at radius 3 is 1.44 bits per heavy atom. The molecule has 0 aliphatic carbocycles. The molecule has 0 heterocycles. The summed E-state index contributed by atoms with van der Waals surface area (Å²) in [5.74, 6) is 4.86. The van der Waals surface area contributed by atoms with Crippen LogP contribution in [0.2, 0.25) is 0 Å². The van der Waals surface area contributed by atoms with E-state index in [0.29, 0.717) is 0 Å². The van der Waals surface area contributed by atoms with E-state index < -0.39 is 0 Å². The molecule has 0 aliphatic rings. The Morgan fingerprint density at radius 1 is 0.667 bits per heavy atom. The summed E-state index contributed by atoms with van der Waals surface area (Å²) in [5, 5.41) is 0. The molecular weight excluding hydrogens is 224 g/mol. The van der Waals surface area contributed by atoms with Gasteiger partial charge in [-0.15, -0.1) is 0 Å². The third-order valence-electron chi connectivity index (χ3n) is 3.47. The van der Waals surface area contributed by atoms with Gasteiger partial charge in [0.2, 0.25) is 0 Å². The van der Waals surface area contributed by atoms with Crippen LogP contribution in [-0.4, -0.2) is 6.54 Å². The van der Waals surface area contributed by atoms with Crippen LogP contribution >= 0.6 is 0 Å². The van der Waals surface area contributed by atoms with Gasteiger partial charge in [-0.05, 0) is 6.42 Å². The third kappa shape index (κ3) is 15.9. The molecule has 3 nitrogen and oxygen atoms in total. The Morgan fingerprint density at radius 2 is 1.06 bits per heavy atom. The van der Waals surface area contributed by atoms with Crippen molar-refractivity contribution in [1.82, 2.24) is 5.48 Å².